The van der Waals surface area contributed by atoms with Gasteiger partial charge in [0.15, 0.2) is 0 Å². The number of nitrogens with zero attached hydrogens (tertiary/aromatic N) is 1. The van der Waals surface area contributed by atoms with Gasteiger partial charge in [-0.1, -0.05) is 49.4 Å². The van der Waals surface area contributed by atoms with Crippen molar-refractivity contribution in [2.75, 3.05) is 0 Å². The van der Waals surface area contributed by atoms with Crippen LogP contribution in [-0.4, -0.2) is 12.1 Å². The number of hydrazone groups is 1. The molecule has 0 unspecified atom stereocenters. The molecule has 3 aromatic rings. The maximum Gasteiger partial charge on any atom is 0.271 e. The van der Waals surface area contributed by atoms with Gasteiger partial charge in [0, 0.05) is 15.3 Å². The first-order valence-corrected chi connectivity index (χ1v) is 8.65. The minimum atomic E-state index is -0.210. The molecule has 1 amide bonds. The average molecular weight is 334 g/mol. The van der Waals surface area contributed by atoms with Crippen molar-refractivity contribution in [1.29, 1.82) is 0 Å². The van der Waals surface area contributed by atoms with Gasteiger partial charge >= 0.3 is 0 Å². The Morgan fingerprint density at radius 3 is 2.38 bits per heavy atom. The summed E-state index contributed by atoms with van der Waals surface area (Å²) >= 11 is 1.68. The number of carbonyl (C=O) groups is 1. The van der Waals surface area contributed by atoms with Crippen LogP contribution in [0.5, 0.6) is 0 Å². The molecule has 3 nitrogen and oxygen atoms in total. The molecule has 0 bridgehead atoms. The highest BCUT2D eigenvalue weighted by atomic mass is 32.1. The van der Waals surface area contributed by atoms with E-state index in [0.29, 0.717) is 5.56 Å². The number of benzene rings is 2. The van der Waals surface area contributed by atoms with E-state index < -0.39 is 0 Å². The van der Waals surface area contributed by atoms with Crippen LogP contribution in [0.25, 0.3) is 11.1 Å². The smallest absolute Gasteiger partial charge is 0.267 e. The van der Waals surface area contributed by atoms with Crippen molar-refractivity contribution in [2.24, 2.45) is 5.10 Å². The van der Waals surface area contributed by atoms with Crippen LogP contribution >= 0.6 is 11.3 Å². The summed E-state index contributed by atoms with van der Waals surface area (Å²) in [7, 11) is 0. The average Bonchev–Trinajstić information content (AvgIpc) is 3.10. The van der Waals surface area contributed by atoms with E-state index in [2.05, 4.69) is 23.5 Å². The van der Waals surface area contributed by atoms with Gasteiger partial charge in [-0.2, -0.15) is 5.10 Å². The number of hydrogen-bond donors (Lipinski definition) is 1. The zero-order valence-corrected chi connectivity index (χ0v) is 14.2. The summed E-state index contributed by atoms with van der Waals surface area (Å²) in [6.07, 6.45) is 2.69. The highest BCUT2D eigenvalue weighted by molar-refractivity contribution is 7.13. The lowest BCUT2D eigenvalue weighted by Crippen LogP contribution is -2.17. The Labute approximate surface area is 145 Å². The molecule has 24 heavy (non-hydrogen) atoms. The summed E-state index contributed by atoms with van der Waals surface area (Å²) in [5.74, 6) is -0.210. The summed E-state index contributed by atoms with van der Waals surface area (Å²) in [5.41, 5.74) is 5.38. The van der Waals surface area contributed by atoms with Crippen LogP contribution in [0.15, 0.2) is 71.8 Å². The van der Waals surface area contributed by atoms with E-state index in [1.165, 1.54) is 4.88 Å². The Morgan fingerprint density at radius 1 is 1.00 bits per heavy atom. The molecule has 0 atom stereocenters. The van der Waals surface area contributed by atoms with E-state index in [-0.39, 0.29) is 5.91 Å². The number of aryl methyl sites for hydroxylation is 1. The number of amides is 1. The van der Waals surface area contributed by atoms with Gasteiger partial charge in [-0.15, -0.1) is 11.3 Å². The summed E-state index contributed by atoms with van der Waals surface area (Å²) in [6, 6.07) is 21.7. The van der Waals surface area contributed by atoms with Crippen LogP contribution in [0.2, 0.25) is 0 Å². The predicted molar refractivity (Wildman–Crippen MR) is 101 cm³/mol. The fourth-order valence-electron chi connectivity index (χ4n) is 2.32. The first kappa shape index (κ1) is 16.1. The lowest BCUT2D eigenvalue weighted by molar-refractivity contribution is 0.0955. The second-order valence-electron chi connectivity index (χ2n) is 5.30. The summed E-state index contributed by atoms with van der Waals surface area (Å²) < 4.78 is 0. The van der Waals surface area contributed by atoms with Gasteiger partial charge in [0.1, 0.15) is 0 Å². The lowest BCUT2D eigenvalue weighted by Gasteiger charge is -2.03. The number of nitrogens with one attached hydrogen (secondary N) is 1. The van der Waals surface area contributed by atoms with Crippen LogP contribution in [0.1, 0.15) is 27.0 Å². The van der Waals surface area contributed by atoms with Crippen molar-refractivity contribution in [2.45, 2.75) is 13.3 Å². The molecule has 1 N–H and O–H groups in total. The second-order valence-corrected chi connectivity index (χ2v) is 6.50. The fourth-order valence-corrected chi connectivity index (χ4v) is 3.14. The van der Waals surface area contributed by atoms with Gasteiger partial charge in [0.25, 0.3) is 5.91 Å². The SMILES string of the molecule is CCc1ccc(/C=N/NC(=O)c2ccc(-c3ccccc3)cc2)s1. The molecule has 0 aliphatic heterocycles. The van der Waals surface area contributed by atoms with E-state index in [9.17, 15) is 4.79 Å². The predicted octanol–water partition coefficient (Wildman–Crippen LogP) is 4.74. The van der Waals surface area contributed by atoms with Crippen molar-refractivity contribution in [3.8, 4) is 11.1 Å². The Hall–Kier alpha value is -2.72. The van der Waals surface area contributed by atoms with Gasteiger partial charge in [0.05, 0.1) is 6.21 Å². The topological polar surface area (TPSA) is 41.5 Å². The summed E-state index contributed by atoms with van der Waals surface area (Å²) in [6.45, 7) is 2.12. The quantitative estimate of drug-likeness (QED) is 0.531. The molecule has 1 heterocycles. The highest BCUT2D eigenvalue weighted by Crippen LogP contribution is 2.19. The number of thiophene rings is 1. The Kier molecular flexibility index (Phi) is 5.18. The highest BCUT2D eigenvalue weighted by Gasteiger charge is 2.05. The van der Waals surface area contributed by atoms with E-state index in [4.69, 9.17) is 0 Å². The van der Waals surface area contributed by atoms with Gasteiger partial charge in [-0.05, 0) is 41.8 Å². The second kappa shape index (κ2) is 7.70. The van der Waals surface area contributed by atoms with E-state index in [0.717, 1.165) is 22.4 Å². The van der Waals surface area contributed by atoms with Crippen LogP contribution in [0.3, 0.4) is 0 Å². The van der Waals surface area contributed by atoms with Crippen LogP contribution in [-0.2, 0) is 6.42 Å². The van der Waals surface area contributed by atoms with Crippen molar-refractivity contribution in [3.05, 3.63) is 82.0 Å². The third kappa shape index (κ3) is 3.97. The molecule has 0 saturated carbocycles. The molecular weight excluding hydrogens is 316 g/mol. The molecule has 0 saturated heterocycles. The Morgan fingerprint density at radius 2 is 1.71 bits per heavy atom. The normalized spacial score (nSPS) is 10.9. The van der Waals surface area contributed by atoms with Gasteiger partial charge in [-0.25, -0.2) is 5.43 Å². The zero-order valence-electron chi connectivity index (χ0n) is 13.4. The molecule has 0 fully saturated rings. The molecule has 2 aromatic carbocycles. The number of carbonyl (C=O) groups excluding carboxylic acids is 1. The molecule has 0 radical (unpaired) electrons. The first-order chi connectivity index (χ1) is 11.8. The third-order valence-electron chi connectivity index (χ3n) is 3.64. The van der Waals surface area contributed by atoms with Crippen molar-refractivity contribution < 1.29 is 4.79 Å². The summed E-state index contributed by atoms with van der Waals surface area (Å²) in [4.78, 5) is 14.5. The molecule has 1 aromatic heterocycles. The van der Waals surface area contributed by atoms with Crippen LogP contribution in [0.4, 0.5) is 0 Å². The zero-order chi connectivity index (χ0) is 16.8. The van der Waals surface area contributed by atoms with Gasteiger partial charge < -0.3 is 0 Å². The molecule has 3 rings (SSSR count). The first-order valence-electron chi connectivity index (χ1n) is 7.84. The molecule has 4 heteroatoms. The van der Waals surface area contributed by atoms with Crippen LogP contribution in [0, 0.1) is 0 Å². The molecule has 0 aliphatic rings. The Balaban J connectivity index is 1.63. The van der Waals surface area contributed by atoms with E-state index in [1.807, 2.05) is 60.7 Å². The van der Waals surface area contributed by atoms with Crippen molar-refractivity contribution in [3.63, 3.8) is 0 Å². The van der Waals surface area contributed by atoms with Crippen molar-refractivity contribution in [1.82, 2.24) is 5.43 Å². The minimum absolute atomic E-state index is 0.210. The van der Waals surface area contributed by atoms with E-state index >= 15 is 0 Å². The van der Waals surface area contributed by atoms with Crippen molar-refractivity contribution >= 4 is 23.5 Å². The van der Waals surface area contributed by atoms with Gasteiger partial charge in [0.2, 0.25) is 0 Å². The maximum absolute atomic E-state index is 12.1. The monoisotopic (exact) mass is 334 g/mol. The number of hydrogen-bond acceptors (Lipinski definition) is 3. The van der Waals surface area contributed by atoms with Gasteiger partial charge in [-0.3, -0.25) is 4.79 Å². The molecule has 120 valence electrons. The summed E-state index contributed by atoms with van der Waals surface area (Å²) in [5, 5.41) is 4.03. The molecule has 0 aliphatic carbocycles. The Bertz CT molecular complexity index is 836. The largest absolute Gasteiger partial charge is 0.271 e. The minimum Gasteiger partial charge on any atom is -0.267 e. The van der Waals surface area contributed by atoms with Crippen LogP contribution < -0.4 is 5.43 Å². The van der Waals surface area contributed by atoms with E-state index in [1.54, 1.807) is 17.6 Å². The fraction of sp³-hybridized carbons (Fsp3) is 0.100. The number of rotatable bonds is 5. The lowest BCUT2D eigenvalue weighted by atomic mass is 10.0. The maximum atomic E-state index is 12.1. The molecular formula is C20H18N2OS. The standard InChI is InChI=1S/C20H18N2OS/c1-2-18-12-13-19(24-18)14-21-22-20(23)17-10-8-16(9-11-17)15-6-4-3-5-7-15/h3-14H,2H2,1H3,(H,22,23)/b21-14+. The third-order valence-corrected chi connectivity index (χ3v) is 4.81. The molecule has 0 spiro atoms.